The lowest BCUT2D eigenvalue weighted by atomic mass is 10.1. The summed E-state index contributed by atoms with van der Waals surface area (Å²) < 4.78 is 6.59. The van der Waals surface area contributed by atoms with Crippen molar-refractivity contribution in [2.45, 2.75) is 33.4 Å². The molecule has 0 spiro atoms. The van der Waals surface area contributed by atoms with Gasteiger partial charge in [0, 0.05) is 50.2 Å². The first-order valence-corrected chi connectivity index (χ1v) is 13.9. The van der Waals surface area contributed by atoms with E-state index in [0.29, 0.717) is 50.2 Å². The van der Waals surface area contributed by atoms with Crippen molar-refractivity contribution in [1.29, 1.82) is 0 Å². The lowest BCUT2D eigenvalue weighted by Gasteiger charge is -2.28. The minimum absolute atomic E-state index is 0.0680. The standard InChI is InChI=1S/C28H31N7O4S/c1-4-22-21(27(37)38)15-30-28(32-22)34(3)16-20-13-23-24(40-20)26(35-9-11-39-12-10-35)33-25(31-23)19-7-5-18(6-8-19)14-29-17(2)36/h5-8,13,15H,4,9-12,14,16H2,1-3H3,(H,29,36)(H,37,38). The Labute approximate surface area is 235 Å². The van der Waals surface area contributed by atoms with Crippen LogP contribution < -0.4 is 15.1 Å². The van der Waals surface area contributed by atoms with Crippen molar-refractivity contribution < 1.29 is 19.4 Å². The minimum atomic E-state index is -1.03. The summed E-state index contributed by atoms with van der Waals surface area (Å²) in [5.74, 6) is 0.904. The number of morpholine rings is 1. The van der Waals surface area contributed by atoms with Gasteiger partial charge in [-0.25, -0.2) is 24.7 Å². The molecule has 12 heteroatoms. The van der Waals surface area contributed by atoms with Crippen molar-refractivity contribution in [3.8, 4) is 11.4 Å². The van der Waals surface area contributed by atoms with E-state index >= 15 is 0 Å². The number of anilines is 2. The molecule has 0 atom stereocenters. The Hall–Kier alpha value is -4.16. The molecule has 1 aliphatic rings. The lowest BCUT2D eigenvalue weighted by molar-refractivity contribution is -0.119. The summed E-state index contributed by atoms with van der Waals surface area (Å²) in [5.41, 5.74) is 3.39. The molecule has 3 aromatic heterocycles. The van der Waals surface area contributed by atoms with Crippen LogP contribution in [0.4, 0.5) is 11.8 Å². The Morgan fingerprint density at radius 1 is 1.15 bits per heavy atom. The number of aromatic nitrogens is 4. The highest BCUT2D eigenvalue weighted by Gasteiger charge is 2.21. The fraction of sp³-hybridized carbons (Fsp3) is 0.357. The number of ether oxygens (including phenoxy) is 1. The molecule has 0 aliphatic carbocycles. The highest BCUT2D eigenvalue weighted by Crippen LogP contribution is 2.35. The third-order valence-corrected chi connectivity index (χ3v) is 7.73. The summed E-state index contributed by atoms with van der Waals surface area (Å²) in [6, 6.07) is 9.98. The predicted molar refractivity (Wildman–Crippen MR) is 154 cm³/mol. The van der Waals surface area contributed by atoms with E-state index in [9.17, 15) is 14.7 Å². The van der Waals surface area contributed by atoms with Crippen molar-refractivity contribution in [3.63, 3.8) is 0 Å². The van der Waals surface area contributed by atoms with Gasteiger partial charge in [0.15, 0.2) is 11.6 Å². The van der Waals surface area contributed by atoms with Crippen LogP contribution in [0.1, 0.15) is 40.3 Å². The maximum Gasteiger partial charge on any atom is 0.339 e. The largest absolute Gasteiger partial charge is 0.478 e. The van der Waals surface area contributed by atoms with Gasteiger partial charge in [0.25, 0.3) is 0 Å². The van der Waals surface area contributed by atoms with Gasteiger partial charge in [-0.05, 0) is 18.1 Å². The summed E-state index contributed by atoms with van der Waals surface area (Å²) in [6.45, 7) is 7.17. The van der Waals surface area contributed by atoms with Gasteiger partial charge >= 0.3 is 5.97 Å². The maximum absolute atomic E-state index is 11.5. The Kier molecular flexibility index (Phi) is 8.17. The molecule has 0 radical (unpaired) electrons. The van der Waals surface area contributed by atoms with Crippen LogP contribution in [0.15, 0.2) is 36.5 Å². The van der Waals surface area contributed by atoms with Gasteiger partial charge in [0.05, 0.1) is 41.2 Å². The average Bonchev–Trinajstić information content (AvgIpc) is 3.38. The van der Waals surface area contributed by atoms with E-state index in [-0.39, 0.29) is 11.5 Å². The van der Waals surface area contributed by atoms with Crippen LogP contribution in [0.3, 0.4) is 0 Å². The van der Waals surface area contributed by atoms with Crippen LogP contribution in [-0.4, -0.2) is 70.3 Å². The van der Waals surface area contributed by atoms with Crippen LogP contribution in [0, 0.1) is 0 Å². The normalized spacial score (nSPS) is 13.4. The second-order valence-electron chi connectivity index (χ2n) is 9.55. The van der Waals surface area contributed by atoms with Crippen LogP contribution in [0.5, 0.6) is 0 Å². The number of fused-ring (bicyclic) bond motifs is 1. The molecule has 1 aromatic carbocycles. The lowest BCUT2D eigenvalue weighted by Crippen LogP contribution is -2.36. The van der Waals surface area contributed by atoms with Gasteiger partial charge in [-0.15, -0.1) is 11.3 Å². The van der Waals surface area contributed by atoms with E-state index in [0.717, 1.165) is 45.1 Å². The number of carboxylic acid groups (broad SMARTS) is 1. The SMILES string of the molecule is CCc1nc(N(C)Cc2cc3nc(-c4ccc(CNC(C)=O)cc4)nc(N4CCOCC4)c3s2)ncc1C(=O)O. The van der Waals surface area contributed by atoms with Gasteiger partial charge < -0.3 is 25.0 Å². The molecule has 4 heterocycles. The summed E-state index contributed by atoms with van der Waals surface area (Å²) in [6.07, 6.45) is 1.88. The van der Waals surface area contributed by atoms with Crippen LogP contribution in [0.2, 0.25) is 0 Å². The van der Waals surface area contributed by atoms with E-state index in [1.165, 1.54) is 13.1 Å². The number of aryl methyl sites for hydroxylation is 1. The van der Waals surface area contributed by atoms with Gasteiger partial charge in [-0.2, -0.15) is 0 Å². The van der Waals surface area contributed by atoms with Crippen molar-refractivity contribution in [1.82, 2.24) is 25.3 Å². The second-order valence-corrected chi connectivity index (χ2v) is 10.7. The van der Waals surface area contributed by atoms with Crippen LogP contribution >= 0.6 is 11.3 Å². The summed E-state index contributed by atoms with van der Waals surface area (Å²) in [5, 5.41) is 12.2. The smallest absolute Gasteiger partial charge is 0.339 e. The molecule has 4 aromatic rings. The van der Waals surface area contributed by atoms with Gasteiger partial charge in [0.1, 0.15) is 0 Å². The molecule has 1 saturated heterocycles. The molecule has 0 bridgehead atoms. The molecule has 5 rings (SSSR count). The quantitative estimate of drug-likeness (QED) is 0.313. The van der Waals surface area contributed by atoms with E-state index in [2.05, 4.69) is 26.3 Å². The number of amides is 1. The Morgan fingerprint density at radius 2 is 1.90 bits per heavy atom. The number of rotatable bonds is 9. The Morgan fingerprint density at radius 3 is 2.58 bits per heavy atom. The summed E-state index contributed by atoms with van der Waals surface area (Å²) >= 11 is 1.64. The summed E-state index contributed by atoms with van der Waals surface area (Å²) in [7, 11) is 1.89. The van der Waals surface area contributed by atoms with Crippen molar-refractivity contribution >= 4 is 45.2 Å². The Balaban J connectivity index is 1.46. The highest BCUT2D eigenvalue weighted by atomic mass is 32.1. The second kappa shape index (κ2) is 11.9. The van der Waals surface area contributed by atoms with Crippen LogP contribution in [0.25, 0.3) is 21.6 Å². The minimum Gasteiger partial charge on any atom is -0.478 e. The summed E-state index contributed by atoms with van der Waals surface area (Å²) in [4.78, 5) is 46.7. The molecule has 11 nitrogen and oxygen atoms in total. The van der Waals surface area contributed by atoms with Gasteiger partial charge in [-0.3, -0.25) is 4.79 Å². The zero-order chi connectivity index (χ0) is 28.2. The zero-order valence-electron chi connectivity index (χ0n) is 22.7. The number of hydrogen-bond donors (Lipinski definition) is 2. The Bertz CT molecular complexity index is 1530. The number of thiophene rings is 1. The number of nitrogens with one attached hydrogen (secondary N) is 1. The topological polar surface area (TPSA) is 134 Å². The number of benzene rings is 1. The third-order valence-electron chi connectivity index (χ3n) is 6.62. The van der Waals surface area contributed by atoms with Crippen molar-refractivity contribution in [2.24, 2.45) is 0 Å². The van der Waals surface area contributed by atoms with E-state index in [1.807, 2.05) is 43.1 Å². The van der Waals surface area contributed by atoms with E-state index in [4.69, 9.17) is 14.7 Å². The molecule has 2 N–H and O–H groups in total. The molecule has 1 aliphatic heterocycles. The van der Waals surface area contributed by atoms with E-state index < -0.39 is 5.97 Å². The number of nitrogens with zero attached hydrogens (tertiary/aromatic N) is 6. The number of carbonyl (C=O) groups excluding carboxylic acids is 1. The molecule has 1 amide bonds. The van der Waals surface area contributed by atoms with E-state index in [1.54, 1.807) is 11.3 Å². The van der Waals surface area contributed by atoms with Gasteiger partial charge in [0.2, 0.25) is 11.9 Å². The predicted octanol–water partition coefficient (Wildman–Crippen LogP) is 3.52. The molecule has 0 saturated carbocycles. The first-order valence-electron chi connectivity index (χ1n) is 13.1. The number of carbonyl (C=O) groups is 2. The fourth-order valence-corrected chi connectivity index (χ4v) is 5.67. The van der Waals surface area contributed by atoms with Gasteiger partial charge in [-0.1, -0.05) is 31.2 Å². The highest BCUT2D eigenvalue weighted by molar-refractivity contribution is 7.19. The number of carboxylic acids is 1. The average molecular weight is 562 g/mol. The molecule has 0 unspecified atom stereocenters. The molecule has 1 fully saturated rings. The first kappa shape index (κ1) is 27.4. The monoisotopic (exact) mass is 561 g/mol. The molecule has 208 valence electrons. The zero-order valence-corrected chi connectivity index (χ0v) is 23.5. The molecular formula is C28H31N7O4S. The molecule has 40 heavy (non-hydrogen) atoms. The number of aromatic carboxylic acids is 1. The maximum atomic E-state index is 11.5. The van der Waals surface area contributed by atoms with Crippen LogP contribution in [-0.2, 0) is 29.0 Å². The van der Waals surface area contributed by atoms with Crippen molar-refractivity contribution in [3.05, 3.63) is 58.2 Å². The number of hydrogen-bond acceptors (Lipinski definition) is 10. The third kappa shape index (κ3) is 6.02. The fourth-order valence-electron chi connectivity index (χ4n) is 4.50. The molecular weight excluding hydrogens is 530 g/mol. The van der Waals surface area contributed by atoms with Crippen molar-refractivity contribution in [2.75, 3.05) is 43.2 Å². The first-order chi connectivity index (χ1) is 19.3.